The molecule has 118 valence electrons. The van der Waals surface area contributed by atoms with Crippen LogP contribution in [0.2, 0.25) is 0 Å². The van der Waals surface area contributed by atoms with Crippen LogP contribution in [-0.2, 0) is 21.2 Å². The minimum atomic E-state index is -3.48. The minimum absolute atomic E-state index is 0.0584. The van der Waals surface area contributed by atoms with Gasteiger partial charge in [-0.25, -0.2) is 13.1 Å². The molecule has 1 aliphatic rings. The summed E-state index contributed by atoms with van der Waals surface area (Å²) in [5, 5.41) is 8.84. The number of benzene rings is 1. The molecule has 6 heteroatoms. The van der Waals surface area contributed by atoms with Gasteiger partial charge in [0.2, 0.25) is 10.0 Å². The minimum Gasteiger partial charge on any atom is -0.396 e. The molecular weight excluding hydrogens is 290 g/mol. The maximum atomic E-state index is 12.1. The molecule has 0 saturated heterocycles. The van der Waals surface area contributed by atoms with Gasteiger partial charge in [0, 0.05) is 13.2 Å². The van der Waals surface area contributed by atoms with Crippen molar-refractivity contribution in [3.63, 3.8) is 0 Å². The maximum absolute atomic E-state index is 12.1. The van der Waals surface area contributed by atoms with Crippen LogP contribution >= 0.6 is 0 Å². The van der Waals surface area contributed by atoms with E-state index in [1.54, 1.807) is 24.3 Å². The summed E-state index contributed by atoms with van der Waals surface area (Å²) in [5.74, 6) is 0. The molecule has 1 aromatic carbocycles. The van der Waals surface area contributed by atoms with Gasteiger partial charge in [0.05, 0.1) is 17.6 Å². The molecule has 0 heterocycles. The monoisotopic (exact) mass is 313 g/mol. The second-order valence-electron chi connectivity index (χ2n) is 5.29. The second kappa shape index (κ2) is 7.89. The van der Waals surface area contributed by atoms with Crippen molar-refractivity contribution >= 4 is 10.0 Å². The lowest BCUT2D eigenvalue weighted by Gasteiger charge is -2.12. The summed E-state index contributed by atoms with van der Waals surface area (Å²) in [5.41, 5.74) is 0.918. The Labute approximate surface area is 126 Å². The zero-order valence-electron chi connectivity index (χ0n) is 12.1. The molecule has 1 aromatic rings. The van der Waals surface area contributed by atoms with Gasteiger partial charge < -0.3 is 9.84 Å². The zero-order valence-corrected chi connectivity index (χ0v) is 12.9. The van der Waals surface area contributed by atoms with Crippen molar-refractivity contribution in [1.82, 2.24) is 4.72 Å². The van der Waals surface area contributed by atoms with E-state index in [2.05, 4.69) is 4.72 Å². The fraction of sp³-hybridized carbons (Fsp3) is 0.600. The zero-order chi connectivity index (χ0) is 15.1. The number of rotatable bonds is 8. The van der Waals surface area contributed by atoms with Crippen LogP contribution < -0.4 is 4.72 Å². The van der Waals surface area contributed by atoms with Gasteiger partial charge in [-0.3, -0.25) is 0 Å². The topological polar surface area (TPSA) is 75.6 Å². The van der Waals surface area contributed by atoms with Crippen molar-refractivity contribution < 1.29 is 18.3 Å². The predicted octanol–water partition coefficient (Wildman–Crippen LogP) is 1.46. The van der Waals surface area contributed by atoms with E-state index < -0.39 is 10.0 Å². The van der Waals surface area contributed by atoms with Gasteiger partial charge in [-0.05, 0) is 37.0 Å². The molecular formula is C15H23NO4S. The molecule has 2 rings (SSSR count). The number of sulfonamides is 1. The highest BCUT2D eigenvalue weighted by atomic mass is 32.2. The standard InChI is InChI=1S/C15H23NO4S/c17-11-9-13-5-7-15(8-6-13)21(18,19)16-10-12-20-14-3-1-2-4-14/h5-8,14,16-17H,1-4,9-12H2. The number of hydrogen-bond donors (Lipinski definition) is 2. The summed E-state index contributed by atoms with van der Waals surface area (Å²) >= 11 is 0. The Morgan fingerprint density at radius 3 is 2.48 bits per heavy atom. The third-order valence-electron chi connectivity index (χ3n) is 3.68. The Hall–Kier alpha value is -0.950. The third-order valence-corrected chi connectivity index (χ3v) is 5.16. The number of ether oxygens (including phenoxy) is 1. The van der Waals surface area contributed by atoms with E-state index in [9.17, 15) is 8.42 Å². The van der Waals surface area contributed by atoms with Crippen molar-refractivity contribution in [1.29, 1.82) is 0 Å². The Bertz CT molecular complexity index is 521. The molecule has 1 saturated carbocycles. The van der Waals surface area contributed by atoms with Crippen molar-refractivity contribution in [2.24, 2.45) is 0 Å². The summed E-state index contributed by atoms with van der Waals surface area (Å²) in [4.78, 5) is 0.241. The van der Waals surface area contributed by atoms with Crippen molar-refractivity contribution in [2.75, 3.05) is 19.8 Å². The van der Waals surface area contributed by atoms with E-state index in [1.165, 1.54) is 12.8 Å². The average molecular weight is 313 g/mol. The molecule has 1 fully saturated rings. The van der Waals surface area contributed by atoms with Gasteiger partial charge in [0.1, 0.15) is 0 Å². The van der Waals surface area contributed by atoms with E-state index in [0.29, 0.717) is 19.1 Å². The van der Waals surface area contributed by atoms with Gasteiger partial charge in [-0.2, -0.15) is 0 Å². The molecule has 21 heavy (non-hydrogen) atoms. The van der Waals surface area contributed by atoms with Crippen LogP contribution in [-0.4, -0.2) is 39.4 Å². The molecule has 0 unspecified atom stereocenters. The van der Waals surface area contributed by atoms with Crippen molar-refractivity contribution in [3.05, 3.63) is 29.8 Å². The van der Waals surface area contributed by atoms with Crippen LogP contribution in [0.25, 0.3) is 0 Å². The van der Waals surface area contributed by atoms with Crippen LogP contribution in [0.1, 0.15) is 31.2 Å². The van der Waals surface area contributed by atoms with Crippen molar-refractivity contribution in [3.8, 4) is 0 Å². The Morgan fingerprint density at radius 2 is 1.86 bits per heavy atom. The van der Waals surface area contributed by atoms with E-state index in [1.807, 2.05) is 0 Å². The number of hydrogen-bond acceptors (Lipinski definition) is 4. The third kappa shape index (κ3) is 5.07. The Balaban J connectivity index is 1.80. The van der Waals surface area contributed by atoms with Gasteiger partial charge in [0.15, 0.2) is 0 Å². The molecule has 0 bridgehead atoms. The van der Waals surface area contributed by atoms with Gasteiger partial charge in [-0.1, -0.05) is 25.0 Å². The van der Waals surface area contributed by atoms with Gasteiger partial charge in [0.25, 0.3) is 0 Å². The van der Waals surface area contributed by atoms with E-state index in [4.69, 9.17) is 9.84 Å². The lowest BCUT2D eigenvalue weighted by Crippen LogP contribution is -2.28. The SMILES string of the molecule is O=S(=O)(NCCOC1CCCC1)c1ccc(CCO)cc1. The lowest BCUT2D eigenvalue weighted by molar-refractivity contribution is 0.0626. The number of aliphatic hydroxyl groups excluding tert-OH is 1. The van der Waals surface area contributed by atoms with E-state index in [-0.39, 0.29) is 18.0 Å². The number of nitrogens with one attached hydrogen (secondary N) is 1. The van der Waals surface area contributed by atoms with Gasteiger partial charge in [-0.15, -0.1) is 0 Å². The molecule has 0 amide bonds. The maximum Gasteiger partial charge on any atom is 0.240 e. The average Bonchev–Trinajstić information content (AvgIpc) is 2.98. The quantitative estimate of drug-likeness (QED) is 0.713. The smallest absolute Gasteiger partial charge is 0.240 e. The molecule has 0 aromatic heterocycles. The fourth-order valence-corrected chi connectivity index (χ4v) is 3.52. The largest absolute Gasteiger partial charge is 0.396 e. The number of aliphatic hydroxyl groups is 1. The molecule has 0 aliphatic heterocycles. The fourth-order valence-electron chi connectivity index (χ4n) is 2.50. The molecule has 5 nitrogen and oxygen atoms in total. The summed E-state index contributed by atoms with van der Waals surface area (Å²) in [6, 6.07) is 6.57. The normalized spacial score (nSPS) is 16.4. The molecule has 0 atom stereocenters. The lowest BCUT2D eigenvalue weighted by atomic mass is 10.2. The van der Waals surface area contributed by atoms with Crippen LogP contribution in [0.3, 0.4) is 0 Å². The van der Waals surface area contributed by atoms with Crippen LogP contribution in [0, 0.1) is 0 Å². The highest BCUT2D eigenvalue weighted by molar-refractivity contribution is 7.89. The predicted molar refractivity (Wildman–Crippen MR) is 80.6 cm³/mol. The second-order valence-corrected chi connectivity index (χ2v) is 7.06. The summed E-state index contributed by atoms with van der Waals surface area (Å²) in [6.07, 6.45) is 5.40. The molecule has 0 spiro atoms. The summed E-state index contributed by atoms with van der Waals surface area (Å²) < 4.78 is 32.3. The van der Waals surface area contributed by atoms with Crippen LogP contribution in [0.15, 0.2) is 29.2 Å². The van der Waals surface area contributed by atoms with E-state index in [0.717, 1.165) is 18.4 Å². The van der Waals surface area contributed by atoms with Gasteiger partial charge >= 0.3 is 0 Å². The first kappa shape index (κ1) is 16.4. The highest BCUT2D eigenvalue weighted by Gasteiger charge is 2.16. The highest BCUT2D eigenvalue weighted by Crippen LogP contribution is 2.20. The summed E-state index contributed by atoms with van der Waals surface area (Å²) in [7, 11) is -3.48. The first-order valence-corrected chi connectivity index (χ1v) is 8.91. The Kier molecular flexibility index (Phi) is 6.17. The molecule has 0 radical (unpaired) electrons. The Morgan fingerprint density at radius 1 is 1.19 bits per heavy atom. The van der Waals surface area contributed by atoms with Crippen molar-refractivity contribution in [2.45, 2.75) is 43.1 Å². The summed E-state index contributed by atoms with van der Waals surface area (Å²) in [6.45, 7) is 0.757. The molecule has 2 N–H and O–H groups in total. The first-order chi connectivity index (χ1) is 10.1. The van der Waals surface area contributed by atoms with E-state index >= 15 is 0 Å². The van der Waals surface area contributed by atoms with Crippen LogP contribution in [0.4, 0.5) is 0 Å². The van der Waals surface area contributed by atoms with Crippen LogP contribution in [0.5, 0.6) is 0 Å². The first-order valence-electron chi connectivity index (χ1n) is 7.43. The molecule has 1 aliphatic carbocycles.